The fraction of sp³-hybridized carbons (Fsp3) is 0.318. The maximum atomic E-state index is 14.1. The van der Waals surface area contributed by atoms with Crippen LogP contribution in [0, 0.1) is 11.7 Å². The van der Waals surface area contributed by atoms with Gasteiger partial charge in [-0.2, -0.15) is 0 Å². The molecule has 1 heterocycles. The van der Waals surface area contributed by atoms with Crippen molar-refractivity contribution in [3.05, 3.63) is 59.4 Å². The number of anilines is 2. The summed E-state index contributed by atoms with van der Waals surface area (Å²) in [5.41, 5.74) is 7.19. The molecule has 8 heteroatoms. The van der Waals surface area contributed by atoms with Gasteiger partial charge in [-0.05, 0) is 55.3 Å². The van der Waals surface area contributed by atoms with Crippen LogP contribution in [0.5, 0.6) is 0 Å². The Kier molecular flexibility index (Phi) is 6.79. The van der Waals surface area contributed by atoms with E-state index in [-0.39, 0.29) is 23.3 Å². The molecule has 2 aromatic carbocycles. The average Bonchev–Trinajstić information content (AvgIpc) is 2.70. The molecule has 1 saturated heterocycles. The minimum atomic E-state index is -0.674. The Bertz CT molecular complexity index is 946. The molecule has 4 N–H and O–H groups in total. The molecule has 3 amide bonds. The Balaban J connectivity index is 1.62. The molecule has 0 aromatic heterocycles. The molecule has 1 unspecified atom stereocenters. The number of hydrogen-bond acceptors (Lipinski definition) is 4. The minimum absolute atomic E-state index is 0.111. The second-order valence-electron chi connectivity index (χ2n) is 7.50. The molecule has 0 bridgehead atoms. The molecule has 0 saturated carbocycles. The van der Waals surface area contributed by atoms with Crippen LogP contribution in [-0.4, -0.2) is 35.7 Å². The number of carbonyl (C=O) groups is 3. The Morgan fingerprint density at radius 1 is 1.10 bits per heavy atom. The molecular weight excluding hydrogens is 387 g/mol. The number of piperidine rings is 1. The number of primary amides is 1. The topological polar surface area (TPSA) is 105 Å². The van der Waals surface area contributed by atoms with Crippen LogP contribution >= 0.6 is 0 Å². The first-order valence-electron chi connectivity index (χ1n) is 9.81. The number of benzene rings is 2. The zero-order valence-electron chi connectivity index (χ0n) is 16.8. The Hall–Kier alpha value is -3.26. The van der Waals surface area contributed by atoms with Crippen molar-refractivity contribution in [3.63, 3.8) is 0 Å². The summed E-state index contributed by atoms with van der Waals surface area (Å²) in [4.78, 5) is 37.2. The standard InChI is InChI=1S/C22H25FN4O3/c1-14(28)25-18-8-9-20(23)19(11-18)22(30)26-17-6-4-15(5-7-17)12-27-10-2-3-16(13-27)21(24)29/h4-9,11,16H,2-3,10,12-13H2,1H3,(H2,24,29)(H,25,28)(H,26,30). The number of rotatable bonds is 6. The number of nitrogens with one attached hydrogen (secondary N) is 2. The van der Waals surface area contributed by atoms with E-state index in [4.69, 9.17) is 5.73 Å². The van der Waals surface area contributed by atoms with Crippen LogP contribution in [0.4, 0.5) is 15.8 Å². The van der Waals surface area contributed by atoms with Crippen molar-refractivity contribution >= 4 is 29.1 Å². The lowest BCUT2D eigenvalue weighted by atomic mass is 9.97. The normalized spacial score (nSPS) is 16.7. The summed E-state index contributed by atoms with van der Waals surface area (Å²) in [7, 11) is 0. The molecule has 2 aromatic rings. The Labute approximate surface area is 174 Å². The van der Waals surface area contributed by atoms with Gasteiger partial charge in [0.1, 0.15) is 5.82 Å². The predicted octanol–water partition coefficient (Wildman–Crippen LogP) is 2.73. The fourth-order valence-corrected chi connectivity index (χ4v) is 3.56. The summed E-state index contributed by atoms with van der Waals surface area (Å²) < 4.78 is 14.1. The first kappa shape index (κ1) is 21.4. The summed E-state index contributed by atoms with van der Waals surface area (Å²) in [6.45, 7) is 3.58. The zero-order chi connectivity index (χ0) is 21.7. The van der Waals surface area contributed by atoms with E-state index >= 15 is 0 Å². The Morgan fingerprint density at radius 2 is 1.80 bits per heavy atom. The van der Waals surface area contributed by atoms with Crippen LogP contribution in [0.1, 0.15) is 35.7 Å². The van der Waals surface area contributed by atoms with E-state index in [2.05, 4.69) is 15.5 Å². The summed E-state index contributed by atoms with van der Waals surface area (Å²) in [6.07, 6.45) is 1.77. The van der Waals surface area contributed by atoms with Gasteiger partial charge in [-0.1, -0.05) is 12.1 Å². The van der Waals surface area contributed by atoms with Crippen LogP contribution in [0.2, 0.25) is 0 Å². The van der Waals surface area contributed by atoms with Gasteiger partial charge in [-0.3, -0.25) is 19.3 Å². The second kappa shape index (κ2) is 9.49. The fourth-order valence-electron chi connectivity index (χ4n) is 3.56. The molecule has 0 spiro atoms. The third-order valence-corrected chi connectivity index (χ3v) is 5.06. The van der Waals surface area contributed by atoms with Gasteiger partial charge in [0.2, 0.25) is 11.8 Å². The van der Waals surface area contributed by atoms with Gasteiger partial charge in [-0.25, -0.2) is 4.39 Å². The molecule has 30 heavy (non-hydrogen) atoms. The molecule has 1 atom stereocenters. The van der Waals surface area contributed by atoms with E-state index in [1.165, 1.54) is 19.1 Å². The minimum Gasteiger partial charge on any atom is -0.369 e. The number of likely N-dealkylation sites (tertiary alicyclic amines) is 1. The highest BCUT2D eigenvalue weighted by atomic mass is 19.1. The number of hydrogen-bond donors (Lipinski definition) is 3. The van der Waals surface area contributed by atoms with Crippen LogP contribution in [0.25, 0.3) is 0 Å². The molecule has 0 aliphatic carbocycles. The highest BCUT2D eigenvalue weighted by Crippen LogP contribution is 2.20. The third-order valence-electron chi connectivity index (χ3n) is 5.06. The molecule has 7 nitrogen and oxygen atoms in total. The van der Waals surface area contributed by atoms with E-state index in [1.54, 1.807) is 12.1 Å². The Morgan fingerprint density at radius 3 is 2.47 bits per heavy atom. The van der Waals surface area contributed by atoms with Crippen LogP contribution in [0.3, 0.4) is 0 Å². The molecule has 1 fully saturated rings. The molecule has 158 valence electrons. The van der Waals surface area contributed by atoms with Crippen molar-refractivity contribution in [1.29, 1.82) is 0 Å². The van der Waals surface area contributed by atoms with E-state index in [0.29, 0.717) is 24.5 Å². The lowest BCUT2D eigenvalue weighted by Crippen LogP contribution is -2.40. The summed E-state index contributed by atoms with van der Waals surface area (Å²) in [6, 6.07) is 11.1. The first-order valence-corrected chi connectivity index (χ1v) is 9.81. The van der Waals surface area contributed by atoms with Crippen molar-refractivity contribution in [3.8, 4) is 0 Å². The van der Waals surface area contributed by atoms with Gasteiger partial charge < -0.3 is 16.4 Å². The van der Waals surface area contributed by atoms with Crippen molar-refractivity contribution in [2.24, 2.45) is 11.7 Å². The molecular formula is C22H25FN4O3. The lowest BCUT2D eigenvalue weighted by molar-refractivity contribution is -0.123. The number of nitrogens with zero attached hydrogens (tertiary/aromatic N) is 1. The molecule has 0 radical (unpaired) electrons. The van der Waals surface area contributed by atoms with Crippen LogP contribution in [0.15, 0.2) is 42.5 Å². The van der Waals surface area contributed by atoms with Crippen LogP contribution < -0.4 is 16.4 Å². The van der Waals surface area contributed by atoms with Gasteiger partial charge in [0.15, 0.2) is 0 Å². The highest BCUT2D eigenvalue weighted by molar-refractivity contribution is 6.05. The van der Waals surface area contributed by atoms with E-state index in [0.717, 1.165) is 31.0 Å². The maximum Gasteiger partial charge on any atom is 0.258 e. The summed E-state index contributed by atoms with van der Waals surface area (Å²) in [5.74, 6) is -1.95. The summed E-state index contributed by atoms with van der Waals surface area (Å²) >= 11 is 0. The van der Waals surface area contributed by atoms with Gasteiger partial charge in [0, 0.05) is 31.4 Å². The van der Waals surface area contributed by atoms with E-state index in [1.807, 2.05) is 12.1 Å². The van der Waals surface area contributed by atoms with Gasteiger partial charge in [0.25, 0.3) is 5.91 Å². The monoisotopic (exact) mass is 412 g/mol. The predicted molar refractivity (Wildman–Crippen MR) is 112 cm³/mol. The largest absolute Gasteiger partial charge is 0.369 e. The smallest absolute Gasteiger partial charge is 0.258 e. The van der Waals surface area contributed by atoms with E-state index < -0.39 is 11.7 Å². The number of carbonyl (C=O) groups excluding carboxylic acids is 3. The first-order chi connectivity index (χ1) is 14.3. The number of halogens is 1. The third kappa shape index (κ3) is 5.64. The average molecular weight is 412 g/mol. The maximum absolute atomic E-state index is 14.1. The highest BCUT2D eigenvalue weighted by Gasteiger charge is 2.23. The van der Waals surface area contributed by atoms with Crippen molar-refractivity contribution in [1.82, 2.24) is 4.90 Å². The second-order valence-corrected chi connectivity index (χ2v) is 7.50. The van der Waals surface area contributed by atoms with Crippen molar-refractivity contribution in [2.45, 2.75) is 26.3 Å². The van der Waals surface area contributed by atoms with Gasteiger partial charge in [-0.15, -0.1) is 0 Å². The van der Waals surface area contributed by atoms with E-state index in [9.17, 15) is 18.8 Å². The molecule has 1 aliphatic heterocycles. The zero-order valence-corrected chi connectivity index (χ0v) is 16.8. The molecule has 1 aliphatic rings. The SMILES string of the molecule is CC(=O)Nc1ccc(F)c(C(=O)Nc2ccc(CN3CCCC(C(N)=O)C3)cc2)c1. The van der Waals surface area contributed by atoms with Gasteiger partial charge >= 0.3 is 0 Å². The quantitative estimate of drug-likeness (QED) is 0.678. The van der Waals surface area contributed by atoms with Crippen LogP contribution in [-0.2, 0) is 16.1 Å². The number of amides is 3. The van der Waals surface area contributed by atoms with Crippen molar-refractivity contribution < 1.29 is 18.8 Å². The molecule has 3 rings (SSSR count). The number of nitrogens with two attached hydrogens (primary N) is 1. The lowest BCUT2D eigenvalue weighted by Gasteiger charge is -2.31. The van der Waals surface area contributed by atoms with Gasteiger partial charge in [0.05, 0.1) is 11.5 Å². The van der Waals surface area contributed by atoms with Crippen molar-refractivity contribution in [2.75, 3.05) is 23.7 Å². The summed E-state index contributed by atoms with van der Waals surface area (Å²) in [5, 5.41) is 5.19.